The molecule has 3 heterocycles. The van der Waals surface area contributed by atoms with Crippen molar-refractivity contribution in [2.24, 2.45) is 0 Å². The van der Waals surface area contributed by atoms with Crippen LogP contribution in [0.4, 0.5) is 11.5 Å². The topological polar surface area (TPSA) is 133 Å². The predicted molar refractivity (Wildman–Crippen MR) is 113 cm³/mol. The number of nitriles is 1. The van der Waals surface area contributed by atoms with Crippen molar-refractivity contribution in [2.75, 3.05) is 31.1 Å². The summed E-state index contributed by atoms with van der Waals surface area (Å²) in [4.78, 5) is 20.6. The number of fused-ring (bicyclic) bond motifs is 1. The fourth-order valence-corrected chi connectivity index (χ4v) is 5.20. The molecule has 0 N–H and O–H groups in total. The third kappa shape index (κ3) is 3.78. The number of anilines is 1. The van der Waals surface area contributed by atoms with Crippen molar-refractivity contribution in [3.8, 4) is 6.07 Å². The lowest BCUT2D eigenvalue weighted by molar-refractivity contribution is -0.385. The molecule has 0 aliphatic carbocycles. The largest absolute Gasteiger partial charge is 0.353 e. The number of nitrogens with zero attached hydrogens (tertiary/aromatic N) is 6. The molecule has 31 heavy (non-hydrogen) atoms. The molecule has 3 aromatic rings. The van der Waals surface area contributed by atoms with E-state index < -0.39 is 14.9 Å². The third-order valence-corrected chi connectivity index (χ3v) is 7.08. The van der Waals surface area contributed by atoms with Crippen LogP contribution in [0, 0.1) is 28.4 Å². The monoisotopic (exact) mass is 438 g/mol. The van der Waals surface area contributed by atoms with Gasteiger partial charge in [-0.2, -0.15) is 9.57 Å². The van der Waals surface area contributed by atoms with Gasteiger partial charge in [0.1, 0.15) is 28.5 Å². The Morgan fingerprint density at radius 2 is 1.87 bits per heavy atom. The number of nitro groups is 1. The van der Waals surface area contributed by atoms with Crippen molar-refractivity contribution < 1.29 is 13.3 Å². The fraction of sp³-hybridized carbons (Fsp3) is 0.250. The molecule has 2 aromatic heterocycles. The molecule has 0 bridgehead atoms. The molecule has 1 saturated heterocycles. The van der Waals surface area contributed by atoms with Crippen molar-refractivity contribution >= 4 is 32.4 Å². The lowest BCUT2D eigenvalue weighted by Gasteiger charge is -2.35. The van der Waals surface area contributed by atoms with Gasteiger partial charge in [-0.15, -0.1) is 0 Å². The first-order valence-corrected chi connectivity index (χ1v) is 10.9. The zero-order chi connectivity index (χ0) is 22.2. The molecule has 0 unspecified atom stereocenters. The van der Waals surface area contributed by atoms with Crippen molar-refractivity contribution in [3.63, 3.8) is 0 Å². The van der Waals surface area contributed by atoms with E-state index in [1.165, 1.54) is 10.4 Å². The second kappa shape index (κ2) is 7.90. The van der Waals surface area contributed by atoms with Crippen LogP contribution >= 0.6 is 0 Å². The SMILES string of the molecule is Cc1cnc2c(S(=O)(=O)N3CCN(c4ncc([N+](=O)[O-])cc4C#N)CC3)cccc2c1. The van der Waals surface area contributed by atoms with Crippen molar-refractivity contribution in [1.82, 2.24) is 14.3 Å². The van der Waals surface area contributed by atoms with E-state index in [0.29, 0.717) is 24.4 Å². The molecule has 1 aromatic carbocycles. The van der Waals surface area contributed by atoms with Crippen LogP contribution in [-0.4, -0.2) is 53.8 Å². The first-order chi connectivity index (χ1) is 14.8. The van der Waals surface area contributed by atoms with E-state index in [4.69, 9.17) is 0 Å². The van der Waals surface area contributed by atoms with E-state index in [1.807, 2.05) is 25.1 Å². The predicted octanol–water partition coefficient (Wildman–Crippen LogP) is 2.23. The highest BCUT2D eigenvalue weighted by molar-refractivity contribution is 7.89. The van der Waals surface area contributed by atoms with Crippen LogP contribution in [-0.2, 0) is 10.0 Å². The van der Waals surface area contributed by atoms with Crippen molar-refractivity contribution in [2.45, 2.75) is 11.8 Å². The van der Waals surface area contributed by atoms with E-state index in [0.717, 1.165) is 17.1 Å². The standard InChI is InChI=1S/C20H18N6O4S/c1-14-9-15-3-2-4-18(19(15)22-12-14)31(29,30)25-7-5-24(6-8-25)20-16(11-21)10-17(13-23-20)26(27)28/h2-4,9-10,12-13H,5-8H2,1H3. The molecule has 1 fully saturated rings. The minimum absolute atomic E-state index is 0.0825. The van der Waals surface area contributed by atoms with Crippen LogP contribution in [0.3, 0.4) is 0 Å². The molecule has 0 saturated carbocycles. The molecule has 1 aliphatic rings. The van der Waals surface area contributed by atoms with Crippen molar-refractivity contribution in [3.05, 3.63) is 64.0 Å². The van der Waals surface area contributed by atoms with Gasteiger partial charge < -0.3 is 4.90 Å². The Morgan fingerprint density at radius 1 is 1.13 bits per heavy atom. The Labute approximate surface area is 178 Å². The second-order valence-corrected chi connectivity index (χ2v) is 9.07. The van der Waals surface area contributed by atoms with Gasteiger partial charge in [0.2, 0.25) is 10.0 Å². The number of sulfonamides is 1. The average Bonchev–Trinajstić information content (AvgIpc) is 2.78. The second-order valence-electron chi connectivity index (χ2n) is 7.17. The number of aromatic nitrogens is 2. The number of hydrogen-bond donors (Lipinski definition) is 0. The van der Waals surface area contributed by atoms with Gasteiger partial charge in [0.05, 0.1) is 10.4 Å². The normalized spacial score (nSPS) is 15.0. The third-order valence-electron chi connectivity index (χ3n) is 5.15. The highest BCUT2D eigenvalue weighted by Gasteiger charge is 2.31. The molecule has 11 heteroatoms. The highest BCUT2D eigenvalue weighted by atomic mass is 32.2. The fourth-order valence-electron chi connectivity index (χ4n) is 3.61. The number of pyridine rings is 2. The number of rotatable bonds is 4. The summed E-state index contributed by atoms with van der Waals surface area (Å²) < 4.78 is 28.0. The zero-order valence-electron chi connectivity index (χ0n) is 16.6. The Kier molecular flexibility index (Phi) is 5.26. The van der Waals surface area contributed by atoms with Crippen LogP contribution < -0.4 is 4.90 Å². The molecule has 0 radical (unpaired) electrons. The van der Waals surface area contributed by atoms with Gasteiger partial charge in [-0.25, -0.2) is 13.4 Å². The number of para-hydroxylation sites is 1. The number of hydrogen-bond acceptors (Lipinski definition) is 8. The van der Waals surface area contributed by atoms with Gasteiger partial charge >= 0.3 is 0 Å². The Hall–Kier alpha value is -3.62. The molecule has 158 valence electrons. The summed E-state index contributed by atoms with van der Waals surface area (Å²) in [6.07, 6.45) is 2.74. The van der Waals surface area contributed by atoms with E-state index in [2.05, 4.69) is 9.97 Å². The number of piperazine rings is 1. The summed E-state index contributed by atoms with van der Waals surface area (Å²) >= 11 is 0. The van der Waals surface area contributed by atoms with E-state index in [9.17, 15) is 23.8 Å². The summed E-state index contributed by atoms with van der Waals surface area (Å²) in [5, 5.41) is 21.0. The minimum Gasteiger partial charge on any atom is -0.353 e. The Balaban J connectivity index is 1.58. The lowest BCUT2D eigenvalue weighted by Crippen LogP contribution is -2.49. The van der Waals surface area contributed by atoms with E-state index in [1.54, 1.807) is 23.2 Å². The summed E-state index contributed by atoms with van der Waals surface area (Å²) in [5.74, 6) is 0.312. The van der Waals surface area contributed by atoms with Crippen LogP contribution in [0.2, 0.25) is 0 Å². The Morgan fingerprint density at radius 3 is 2.55 bits per heavy atom. The van der Waals surface area contributed by atoms with Gasteiger partial charge in [0.15, 0.2) is 0 Å². The lowest BCUT2D eigenvalue weighted by atomic mass is 10.2. The average molecular weight is 438 g/mol. The van der Waals surface area contributed by atoms with Crippen LogP contribution in [0.1, 0.15) is 11.1 Å². The molecular formula is C20H18N6O4S. The molecule has 10 nitrogen and oxygen atoms in total. The quantitative estimate of drug-likeness (QED) is 0.447. The molecule has 0 spiro atoms. The molecule has 1 aliphatic heterocycles. The molecule has 0 atom stereocenters. The molecule has 4 rings (SSSR count). The smallest absolute Gasteiger partial charge is 0.289 e. The maximum Gasteiger partial charge on any atom is 0.289 e. The maximum atomic E-state index is 13.3. The number of benzene rings is 1. The van der Waals surface area contributed by atoms with Gasteiger partial charge in [0, 0.05) is 43.8 Å². The molecular weight excluding hydrogens is 420 g/mol. The van der Waals surface area contributed by atoms with Gasteiger partial charge in [-0.3, -0.25) is 15.1 Å². The molecule has 0 amide bonds. The van der Waals surface area contributed by atoms with E-state index >= 15 is 0 Å². The van der Waals surface area contributed by atoms with Gasteiger partial charge in [-0.1, -0.05) is 12.1 Å². The van der Waals surface area contributed by atoms with Gasteiger partial charge in [-0.05, 0) is 24.6 Å². The van der Waals surface area contributed by atoms with Crippen LogP contribution in [0.15, 0.2) is 47.6 Å². The van der Waals surface area contributed by atoms with Crippen LogP contribution in [0.25, 0.3) is 10.9 Å². The van der Waals surface area contributed by atoms with Gasteiger partial charge in [0.25, 0.3) is 5.69 Å². The number of aryl methyl sites for hydroxylation is 1. The van der Waals surface area contributed by atoms with Crippen molar-refractivity contribution in [1.29, 1.82) is 5.26 Å². The highest BCUT2D eigenvalue weighted by Crippen LogP contribution is 2.27. The van der Waals surface area contributed by atoms with E-state index in [-0.39, 0.29) is 29.2 Å². The Bertz CT molecular complexity index is 1330. The summed E-state index contributed by atoms with van der Waals surface area (Å²) in [6.45, 7) is 2.88. The zero-order valence-corrected chi connectivity index (χ0v) is 17.4. The summed E-state index contributed by atoms with van der Waals surface area (Å²) in [7, 11) is -3.77. The first-order valence-electron chi connectivity index (χ1n) is 9.46. The summed E-state index contributed by atoms with van der Waals surface area (Å²) in [6, 6.07) is 10.1. The summed E-state index contributed by atoms with van der Waals surface area (Å²) in [5.41, 5.74) is 1.19. The maximum absolute atomic E-state index is 13.3. The first kappa shape index (κ1) is 20.6. The minimum atomic E-state index is -3.77. The van der Waals surface area contributed by atoms with Crippen LogP contribution in [0.5, 0.6) is 0 Å².